The summed E-state index contributed by atoms with van der Waals surface area (Å²) in [5.41, 5.74) is 2.41. The van der Waals surface area contributed by atoms with Crippen LogP contribution in [0.2, 0.25) is 0 Å². The van der Waals surface area contributed by atoms with E-state index in [-0.39, 0.29) is 11.7 Å². The standard InChI is InChI=1S/C20H19F3N4O2/c1-3-13(2)26-12-14(16-6-4-5-7-18(16)26)11-24-25-17-9-8-15(20(21,22)23)10-19(17)27(28)29/h4-13,25H,3H2,1-2H3/b24-11-/t13-/m0/s1. The molecule has 6 nitrogen and oxygen atoms in total. The Bertz CT molecular complexity index is 1070. The summed E-state index contributed by atoms with van der Waals surface area (Å²) in [6, 6.07) is 10.3. The van der Waals surface area contributed by atoms with Gasteiger partial charge in [-0.1, -0.05) is 25.1 Å². The number of hydrazone groups is 1. The quantitative estimate of drug-likeness (QED) is 0.312. The molecule has 1 aromatic heterocycles. The Morgan fingerprint density at radius 3 is 2.66 bits per heavy atom. The minimum absolute atomic E-state index is 0.120. The number of hydrogen-bond donors (Lipinski definition) is 1. The summed E-state index contributed by atoms with van der Waals surface area (Å²) >= 11 is 0. The van der Waals surface area contributed by atoms with Gasteiger partial charge >= 0.3 is 6.18 Å². The smallest absolute Gasteiger partial charge is 0.344 e. The molecule has 3 aromatic rings. The Morgan fingerprint density at radius 1 is 1.28 bits per heavy atom. The van der Waals surface area contributed by atoms with Crippen molar-refractivity contribution in [1.29, 1.82) is 0 Å². The molecule has 0 unspecified atom stereocenters. The fourth-order valence-electron chi connectivity index (χ4n) is 3.02. The van der Waals surface area contributed by atoms with E-state index < -0.39 is 22.4 Å². The van der Waals surface area contributed by atoms with Crippen molar-refractivity contribution < 1.29 is 18.1 Å². The van der Waals surface area contributed by atoms with Crippen molar-refractivity contribution >= 4 is 28.5 Å². The highest BCUT2D eigenvalue weighted by molar-refractivity contribution is 5.99. The van der Waals surface area contributed by atoms with Gasteiger partial charge in [-0.15, -0.1) is 0 Å². The lowest BCUT2D eigenvalue weighted by atomic mass is 10.1. The molecule has 0 aliphatic heterocycles. The summed E-state index contributed by atoms with van der Waals surface area (Å²) in [5, 5.41) is 16.1. The Hall–Kier alpha value is -3.36. The van der Waals surface area contributed by atoms with Crippen LogP contribution in [0.15, 0.2) is 53.8 Å². The second-order valence-corrected chi connectivity index (χ2v) is 6.62. The first-order valence-electron chi connectivity index (χ1n) is 8.96. The van der Waals surface area contributed by atoms with Gasteiger partial charge in [0.1, 0.15) is 5.69 Å². The maximum Gasteiger partial charge on any atom is 0.416 e. The number of hydrogen-bond acceptors (Lipinski definition) is 4. The minimum atomic E-state index is -4.66. The molecule has 1 atom stereocenters. The molecule has 0 spiro atoms. The van der Waals surface area contributed by atoms with Crippen molar-refractivity contribution in [2.75, 3.05) is 5.43 Å². The Balaban J connectivity index is 1.92. The average molecular weight is 404 g/mol. The number of aromatic nitrogens is 1. The second kappa shape index (κ2) is 7.94. The van der Waals surface area contributed by atoms with E-state index >= 15 is 0 Å². The highest BCUT2D eigenvalue weighted by atomic mass is 19.4. The number of nitrogens with zero attached hydrogens (tertiary/aromatic N) is 3. The predicted molar refractivity (Wildman–Crippen MR) is 106 cm³/mol. The van der Waals surface area contributed by atoms with Crippen LogP contribution in [0.4, 0.5) is 24.5 Å². The van der Waals surface area contributed by atoms with Gasteiger partial charge in [-0.25, -0.2) is 0 Å². The van der Waals surface area contributed by atoms with Crippen molar-refractivity contribution in [3.05, 3.63) is 69.9 Å². The molecule has 3 rings (SSSR count). The highest BCUT2D eigenvalue weighted by Gasteiger charge is 2.33. The van der Waals surface area contributed by atoms with Crippen LogP contribution in [-0.4, -0.2) is 15.7 Å². The number of rotatable bonds is 6. The molecule has 29 heavy (non-hydrogen) atoms. The first-order valence-corrected chi connectivity index (χ1v) is 8.96. The fourth-order valence-corrected chi connectivity index (χ4v) is 3.02. The van der Waals surface area contributed by atoms with Crippen molar-refractivity contribution in [3.63, 3.8) is 0 Å². The summed E-state index contributed by atoms with van der Waals surface area (Å²) in [5.74, 6) is 0. The van der Waals surface area contributed by atoms with E-state index in [0.717, 1.165) is 35.0 Å². The normalized spacial score (nSPS) is 13.1. The van der Waals surface area contributed by atoms with Gasteiger partial charge in [0.2, 0.25) is 0 Å². The van der Waals surface area contributed by atoms with Crippen LogP contribution < -0.4 is 5.43 Å². The van der Waals surface area contributed by atoms with Gasteiger partial charge in [0, 0.05) is 34.8 Å². The second-order valence-electron chi connectivity index (χ2n) is 6.62. The van der Waals surface area contributed by atoms with E-state index in [2.05, 4.69) is 28.9 Å². The van der Waals surface area contributed by atoms with Crippen LogP contribution in [0.3, 0.4) is 0 Å². The Labute approximate surface area is 164 Å². The van der Waals surface area contributed by atoms with Crippen LogP contribution in [-0.2, 0) is 6.18 Å². The zero-order valence-corrected chi connectivity index (χ0v) is 15.8. The molecule has 2 aromatic carbocycles. The lowest BCUT2D eigenvalue weighted by molar-refractivity contribution is -0.384. The number of nitrogens with one attached hydrogen (secondary N) is 1. The van der Waals surface area contributed by atoms with E-state index in [4.69, 9.17) is 0 Å². The van der Waals surface area contributed by atoms with Gasteiger partial charge in [0.15, 0.2) is 0 Å². The largest absolute Gasteiger partial charge is 0.416 e. The van der Waals surface area contributed by atoms with Crippen molar-refractivity contribution in [1.82, 2.24) is 4.57 Å². The molecular weight excluding hydrogens is 385 g/mol. The molecule has 152 valence electrons. The molecule has 0 fully saturated rings. The molecule has 9 heteroatoms. The summed E-state index contributed by atoms with van der Waals surface area (Å²) < 4.78 is 40.5. The lowest BCUT2D eigenvalue weighted by Gasteiger charge is -2.12. The van der Waals surface area contributed by atoms with Gasteiger partial charge in [0.05, 0.1) is 16.7 Å². The lowest BCUT2D eigenvalue weighted by Crippen LogP contribution is -2.06. The molecule has 0 aliphatic carbocycles. The maximum absolute atomic E-state index is 12.8. The van der Waals surface area contributed by atoms with E-state index in [9.17, 15) is 23.3 Å². The number of anilines is 1. The Kier molecular flexibility index (Phi) is 5.58. The summed E-state index contributed by atoms with van der Waals surface area (Å²) in [6.07, 6.45) is -0.288. The maximum atomic E-state index is 12.8. The van der Waals surface area contributed by atoms with Gasteiger partial charge in [-0.05, 0) is 31.5 Å². The predicted octanol–water partition coefficient (Wildman–Crippen LogP) is 5.99. The van der Waals surface area contributed by atoms with Crippen molar-refractivity contribution in [3.8, 4) is 0 Å². The molecule has 1 N–H and O–H groups in total. The van der Waals surface area contributed by atoms with E-state index in [0.29, 0.717) is 6.07 Å². The number of alkyl halides is 3. The van der Waals surface area contributed by atoms with Crippen LogP contribution in [0.5, 0.6) is 0 Å². The van der Waals surface area contributed by atoms with E-state index in [1.165, 1.54) is 6.21 Å². The number of benzene rings is 2. The zero-order chi connectivity index (χ0) is 21.2. The van der Waals surface area contributed by atoms with E-state index in [1.54, 1.807) is 0 Å². The Morgan fingerprint density at radius 2 is 2.00 bits per heavy atom. The number of fused-ring (bicyclic) bond motifs is 1. The van der Waals surface area contributed by atoms with Crippen LogP contribution in [0.25, 0.3) is 10.9 Å². The molecular formula is C20H19F3N4O2. The molecule has 0 saturated heterocycles. The molecule has 0 aliphatic rings. The molecule has 0 radical (unpaired) electrons. The molecule has 1 heterocycles. The first kappa shape index (κ1) is 20.4. The molecule has 0 saturated carbocycles. The molecule has 0 bridgehead atoms. The molecule has 0 amide bonds. The third-order valence-electron chi connectivity index (χ3n) is 4.75. The van der Waals surface area contributed by atoms with Gasteiger partial charge in [-0.3, -0.25) is 15.5 Å². The van der Waals surface area contributed by atoms with Crippen molar-refractivity contribution in [2.24, 2.45) is 5.10 Å². The van der Waals surface area contributed by atoms with E-state index in [1.807, 2.05) is 30.5 Å². The third-order valence-corrected chi connectivity index (χ3v) is 4.75. The summed E-state index contributed by atoms with van der Waals surface area (Å²) in [7, 11) is 0. The monoisotopic (exact) mass is 404 g/mol. The highest BCUT2D eigenvalue weighted by Crippen LogP contribution is 2.35. The fraction of sp³-hybridized carbons (Fsp3) is 0.250. The minimum Gasteiger partial charge on any atom is -0.344 e. The third kappa shape index (κ3) is 4.23. The van der Waals surface area contributed by atoms with Gasteiger partial charge < -0.3 is 4.57 Å². The van der Waals surface area contributed by atoms with Gasteiger partial charge in [0.25, 0.3) is 5.69 Å². The number of para-hydroxylation sites is 1. The summed E-state index contributed by atoms with van der Waals surface area (Å²) in [4.78, 5) is 10.3. The number of halogens is 3. The van der Waals surface area contributed by atoms with Crippen LogP contribution in [0.1, 0.15) is 37.4 Å². The SMILES string of the molecule is CC[C@H](C)n1cc(/C=N\Nc2ccc(C(F)(F)F)cc2[N+](=O)[O-])c2ccccc21. The summed E-state index contributed by atoms with van der Waals surface area (Å²) in [6.45, 7) is 4.18. The van der Waals surface area contributed by atoms with Gasteiger partial charge in [-0.2, -0.15) is 18.3 Å². The van der Waals surface area contributed by atoms with Crippen molar-refractivity contribution in [2.45, 2.75) is 32.5 Å². The topological polar surface area (TPSA) is 72.5 Å². The van der Waals surface area contributed by atoms with Crippen LogP contribution in [0, 0.1) is 10.1 Å². The number of nitro groups is 1. The average Bonchev–Trinajstić information content (AvgIpc) is 3.05. The zero-order valence-electron chi connectivity index (χ0n) is 15.8. The number of nitro benzene ring substituents is 1. The first-order chi connectivity index (χ1) is 13.7. The van der Waals surface area contributed by atoms with Crippen LogP contribution >= 0.6 is 0 Å².